The normalized spacial score (nSPS) is 15.7. The maximum atomic E-state index is 12.4. The summed E-state index contributed by atoms with van der Waals surface area (Å²) in [6, 6.07) is 5.92. The number of rotatable bonds is 2. The quantitative estimate of drug-likeness (QED) is 0.647. The van der Waals surface area contributed by atoms with Crippen molar-refractivity contribution in [1.82, 2.24) is 0 Å². The van der Waals surface area contributed by atoms with Crippen LogP contribution < -0.4 is 11.1 Å². The van der Waals surface area contributed by atoms with Crippen LogP contribution in [0.1, 0.15) is 49.7 Å². The van der Waals surface area contributed by atoms with Crippen molar-refractivity contribution < 1.29 is 4.79 Å². The van der Waals surface area contributed by atoms with Crippen LogP contribution in [0.5, 0.6) is 0 Å². The van der Waals surface area contributed by atoms with Crippen molar-refractivity contribution in [3.63, 3.8) is 0 Å². The molecular formula is C18H24N2O. The Morgan fingerprint density at radius 2 is 2.00 bits per heavy atom. The van der Waals surface area contributed by atoms with Gasteiger partial charge < -0.3 is 11.1 Å². The van der Waals surface area contributed by atoms with Crippen LogP contribution in [0.15, 0.2) is 18.2 Å². The standard InChI is InChI=1S/C18H24N2O/c1-14-10-11-17(16(13-14)9-6-12-19)20-18(21)15-7-4-2-3-5-8-15/h10-11,13,15H,2-5,7-8,12,19H2,1H3,(H,20,21). The number of carbonyl (C=O) groups is 1. The number of hydrogen-bond donors (Lipinski definition) is 2. The molecule has 1 aliphatic carbocycles. The minimum absolute atomic E-state index is 0.136. The van der Waals surface area contributed by atoms with E-state index in [2.05, 4.69) is 17.2 Å². The molecule has 0 bridgehead atoms. The average Bonchev–Trinajstić information content (AvgIpc) is 2.76. The van der Waals surface area contributed by atoms with Crippen molar-refractivity contribution in [2.75, 3.05) is 11.9 Å². The second-order valence-corrected chi connectivity index (χ2v) is 5.73. The van der Waals surface area contributed by atoms with Gasteiger partial charge in [0.15, 0.2) is 0 Å². The van der Waals surface area contributed by atoms with Crippen molar-refractivity contribution in [1.29, 1.82) is 0 Å². The highest BCUT2D eigenvalue weighted by molar-refractivity contribution is 5.93. The predicted octanol–water partition coefficient (Wildman–Crippen LogP) is 3.21. The summed E-state index contributed by atoms with van der Waals surface area (Å²) >= 11 is 0. The van der Waals surface area contributed by atoms with Crippen LogP contribution in [0.2, 0.25) is 0 Å². The number of carbonyl (C=O) groups excluding carboxylic acids is 1. The van der Waals surface area contributed by atoms with Gasteiger partial charge in [-0.1, -0.05) is 43.6 Å². The summed E-state index contributed by atoms with van der Waals surface area (Å²) in [5.74, 6) is 6.18. The molecule has 1 aromatic carbocycles. The van der Waals surface area contributed by atoms with Crippen LogP contribution in [-0.2, 0) is 4.79 Å². The molecule has 0 heterocycles. The molecule has 0 spiro atoms. The molecule has 1 fully saturated rings. The lowest BCUT2D eigenvalue weighted by Gasteiger charge is -2.15. The fourth-order valence-corrected chi connectivity index (χ4v) is 2.79. The molecule has 21 heavy (non-hydrogen) atoms. The predicted molar refractivity (Wildman–Crippen MR) is 86.9 cm³/mol. The Hall–Kier alpha value is -1.79. The van der Waals surface area contributed by atoms with Crippen LogP contribution in [0.4, 0.5) is 5.69 Å². The molecule has 3 N–H and O–H groups in total. The van der Waals surface area contributed by atoms with E-state index in [1.807, 2.05) is 25.1 Å². The molecule has 0 radical (unpaired) electrons. The van der Waals surface area contributed by atoms with Gasteiger partial charge in [0.1, 0.15) is 0 Å². The zero-order chi connectivity index (χ0) is 15.1. The Morgan fingerprint density at radius 3 is 2.67 bits per heavy atom. The first-order valence-electron chi connectivity index (χ1n) is 7.81. The third kappa shape index (κ3) is 4.61. The third-order valence-electron chi connectivity index (χ3n) is 3.98. The number of aryl methyl sites for hydroxylation is 1. The molecule has 1 aliphatic rings. The monoisotopic (exact) mass is 284 g/mol. The van der Waals surface area contributed by atoms with Crippen LogP contribution in [-0.4, -0.2) is 12.5 Å². The summed E-state index contributed by atoms with van der Waals surface area (Å²) in [4.78, 5) is 12.4. The first kappa shape index (κ1) is 15.6. The number of hydrogen-bond acceptors (Lipinski definition) is 2. The van der Waals surface area contributed by atoms with Gasteiger partial charge in [0.2, 0.25) is 5.91 Å². The second kappa shape index (κ2) is 7.85. The maximum absolute atomic E-state index is 12.4. The lowest BCUT2D eigenvalue weighted by Crippen LogP contribution is -2.22. The van der Waals surface area contributed by atoms with Gasteiger partial charge >= 0.3 is 0 Å². The van der Waals surface area contributed by atoms with E-state index in [9.17, 15) is 4.79 Å². The summed E-state index contributed by atoms with van der Waals surface area (Å²) < 4.78 is 0. The molecule has 3 heteroatoms. The van der Waals surface area contributed by atoms with Gasteiger partial charge in [-0.15, -0.1) is 0 Å². The van der Waals surface area contributed by atoms with E-state index in [0.29, 0.717) is 6.54 Å². The first-order chi connectivity index (χ1) is 10.2. The minimum atomic E-state index is 0.136. The maximum Gasteiger partial charge on any atom is 0.227 e. The third-order valence-corrected chi connectivity index (χ3v) is 3.98. The lowest BCUT2D eigenvalue weighted by atomic mass is 9.99. The summed E-state index contributed by atoms with van der Waals surface area (Å²) in [5, 5.41) is 3.06. The fourth-order valence-electron chi connectivity index (χ4n) is 2.79. The number of nitrogens with two attached hydrogens (primary N) is 1. The highest BCUT2D eigenvalue weighted by Crippen LogP contribution is 2.25. The van der Waals surface area contributed by atoms with E-state index in [0.717, 1.165) is 42.5 Å². The van der Waals surface area contributed by atoms with Crippen LogP contribution in [0.25, 0.3) is 0 Å². The van der Waals surface area contributed by atoms with Crippen molar-refractivity contribution >= 4 is 11.6 Å². The highest BCUT2D eigenvalue weighted by Gasteiger charge is 2.20. The molecule has 0 unspecified atom stereocenters. The second-order valence-electron chi connectivity index (χ2n) is 5.73. The van der Waals surface area contributed by atoms with Gasteiger partial charge in [-0.25, -0.2) is 0 Å². The van der Waals surface area contributed by atoms with E-state index < -0.39 is 0 Å². The summed E-state index contributed by atoms with van der Waals surface area (Å²) in [7, 11) is 0. The van der Waals surface area contributed by atoms with E-state index in [4.69, 9.17) is 5.73 Å². The van der Waals surface area contributed by atoms with Gasteiger partial charge in [-0.3, -0.25) is 4.79 Å². The van der Waals surface area contributed by atoms with E-state index in [1.165, 1.54) is 12.8 Å². The van der Waals surface area contributed by atoms with E-state index in [-0.39, 0.29) is 11.8 Å². The average molecular weight is 284 g/mol. The highest BCUT2D eigenvalue weighted by atomic mass is 16.1. The number of anilines is 1. The van der Waals surface area contributed by atoms with E-state index >= 15 is 0 Å². The van der Waals surface area contributed by atoms with Gasteiger partial charge in [0, 0.05) is 11.5 Å². The molecule has 112 valence electrons. The Morgan fingerprint density at radius 1 is 1.29 bits per heavy atom. The molecule has 3 nitrogen and oxygen atoms in total. The van der Waals surface area contributed by atoms with Crippen LogP contribution in [0.3, 0.4) is 0 Å². The molecule has 1 saturated carbocycles. The molecule has 0 atom stereocenters. The van der Waals surface area contributed by atoms with Crippen molar-refractivity contribution in [2.45, 2.75) is 45.4 Å². The molecule has 0 aromatic heterocycles. The van der Waals surface area contributed by atoms with Crippen molar-refractivity contribution in [3.05, 3.63) is 29.3 Å². The van der Waals surface area contributed by atoms with Gasteiger partial charge in [-0.05, 0) is 37.5 Å². The molecule has 0 saturated heterocycles. The molecular weight excluding hydrogens is 260 g/mol. The first-order valence-corrected chi connectivity index (χ1v) is 7.81. The Bertz CT molecular complexity index is 546. The summed E-state index contributed by atoms with van der Waals surface area (Å²) in [6.07, 6.45) is 6.82. The molecule has 1 amide bonds. The number of benzene rings is 1. The summed E-state index contributed by atoms with van der Waals surface area (Å²) in [6.45, 7) is 2.34. The zero-order valence-corrected chi connectivity index (χ0v) is 12.7. The lowest BCUT2D eigenvalue weighted by molar-refractivity contribution is -0.120. The Kier molecular flexibility index (Phi) is 5.83. The van der Waals surface area contributed by atoms with Gasteiger partial charge in [0.25, 0.3) is 0 Å². The smallest absolute Gasteiger partial charge is 0.227 e. The largest absolute Gasteiger partial charge is 0.325 e. The van der Waals surface area contributed by atoms with Gasteiger partial charge in [0.05, 0.1) is 12.2 Å². The Labute approximate surface area is 127 Å². The topological polar surface area (TPSA) is 55.1 Å². The molecule has 2 rings (SSSR count). The SMILES string of the molecule is Cc1ccc(NC(=O)C2CCCCCC2)c(C#CCN)c1. The fraction of sp³-hybridized carbons (Fsp3) is 0.500. The summed E-state index contributed by atoms with van der Waals surface area (Å²) in [5.41, 5.74) is 8.22. The van der Waals surface area contributed by atoms with Crippen LogP contribution >= 0.6 is 0 Å². The van der Waals surface area contributed by atoms with E-state index in [1.54, 1.807) is 0 Å². The number of amides is 1. The zero-order valence-electron chi connectivity index (χ0n) is 12.7. The van der Waals surface area contributed by atoms with Crippen molar-refractivity contribution in [3.8, 4) is 11.8 Å². The van der Waals surface area contributed by atoms with Crippen LogP contribution in [0, 0.1) is 24.7 Å². The van der Waals surface area contributed by atoms with Crippen molar-refractivity contribution in [2.24, 2.45) is 11.7 Å². The Balaban J connectivity index is 2.12. The number of nitrogens with one attached hydrogen (secondary N) is 1. The molecule has 1 aromatic rings. The molecule has 0 aliphatic heterocycles. The minimum Gasteiger partial charge on any atom is -0.325 e. The van der Waals surface area contributed by atoms with Gasteiger partial charge in [-0.2, -0.15) is 0 Å².